The summed E-state index contributed by atoms with van der Waals surface area (Å²) >= 11 is 1.32. The van der Waals surface area contributed by atoms with Crippen molar-refractivity contribution >= 4 is 34.0 Å². The number of aromatic nitrogens is 1. The van der Waals surface area contributed by atoms with Crippen LogP contribution in [0.15, 0.2) is 24.4 Å². The lowest BCUT2D eigenvalue weighted by Gasteiger charge is -2.10. The predicted octanol–water partition coefficient (Wildman–Crippen LogP) is 3.81. The summed E-state index contributed by atoms with van der Waals surface area (Å²) in [5.41, 5.74) is 2.10. The van der Waals surface area contributed by atoms with Gasteiger partial charge in [-0.25, -0.2) is 4.98 Å². The van der Waals surface area contributed by atoms with Crippen LogP contribution in [0.1, 0.15) is 58.7 Å². The van der Waals surface area contributed by atoms with Crippen LogP contribution in [0.3, 0.4) is 0 Å². The third kappa shape index (κ3) is 4.60. The van der Waals surface area contributed by atoms with Gasteiger partial charge in [-0.3, -0.25) is 9.59 Å². The molecule has 1 aromatic heterocycles. The second-order valence-corrected chi connectivity index (χ2v) is 7.75. The van der Waals surface area contributed by atoms with Gasteiger partial charge < -0.3 is 16.0 Å². The maximum atomic E-state index is 12.5. The van der Waals surface area contributed by atoms with E-state index in [1.807, 2.05) is 13.0 Å². The van der Waals surface area contributed by atoms with E-state index < -0.39 is 0 Å². The van der Waals surface area contributed by atoms with Gasteiger partial charge in [-0.15, -0.1) is 0 Å². The van der Waals surface area contributed by atoms with E-state index in [0.29, 0.717) is 28.2 Å². The first-order valence-electron chi connectivity index (χ1n) is 8.91. The molecule has 1 heterocycles. The zero-order valence-corrected chi connectivity index (χ0v) is 16.1. The number of anilines is 2. The van der Waals surface area contributed by atoms with Crippen LogP contribution >= 0.6 is 11.3 Å². The van der Waals surface area contributed by atoms with Crippen LogP contribution in [-0.2, 0) is 0 Å². The predicted molar refractivity (Wildman–Crippen MR) is 105 cm³/mol. The minimum atomic E-state index is -0.220. The van der Waals surface area contributed by atoms with Crippen LogP contribution in [0.25, 0.3) is 0 Å². The number of nitrogens with one attached hydrogen (secondary N) is 3. The van der Waals surface area contributed by atoms with Crippen molar-refractivity contribution in [2.24, 2.45) is 0 Å². The third-order valence-corrected chi connectivity index (χ3v) is 5.30. The Bertz CT molecular complexity index is 814. The van der Waals surface area contributed by atoms with Crippen molar-refractivity contribution in [1.29, 1.82) is 0 Å². The summed E-state index contributed by atoms with van der Waals surface area (Å²) in [6.45, 7) is 6.07. The summed E-state index contributed by atoms with van der Waals surface area (Å²) < 4.78 is 0. The summed E-state index contributed by atoms with van der Waals surface area (Å²) in [7, 11) is 0. The van der Waals surface area contributed by atoms with E-state index in [1.54, 1.807) is 18.3 Å². The first kappa shape index (κ1) is 18.4. The van der Waals surface area contributed by atoms with Crippen molar-refractivity contribution in [2.75, 3.05) is 10.6 Å². The van der Waals surface area contributed by atoms with Crippen molar-refractivity contribution in [3.8, 4) is 0 Å². The normalized spacial score (nSPS) is 14.6. The molecule has 138 valence electrons. The lowest BCUT2D eigenvalue weighted by molar-refractivity contribution is 0.0949. The highest BCUT2D eigenvalue weighted by atomic mass is 32.1. The van der Waals surface area contributed by atoms with Crippen LogP contribution in [-0.4, -0.2) is 28.9 Å². The minimum absolute atomic E-state index is 0.0965. The molecule has 1 fully saturated rings. The van der Waals surface area contributed by atoms with E-state index in [-0.39, 0.29) is 11.8 Å². The fourth-order valence-corrected chi connectivity index (χ4v) is 3.16. The molecule has 6 nitrogen and oxygen atoms in total. The van der Waals surface area contributed by atoms with E-state index in [2.05, 4.69) is 34.8 Å². The number of hydrogen-bond acceptors (Lipinski definition) is 5. The smallest absolute Gasteiger partial charge is 0.267 e. The molecule has 1 aliphatic rings. The van der Waals surface area contributed by atoms with Gasteiger partial charge in [0.1, 0.15) is 4.88 Å². The highest BCUT2D eigenvalue weighted by molar-refractivity contribution is 7.17. The fourth-order valence-electron chi connectivity index (χ4n) is 2.34. The number of thiazole rings is 1. The average Bonchev–Trinajstić information content (AvgIpc) is 3.31. The van der Waals surface area contributed by atoms with E-state index in [1.165, 1.54) is 11.3 Å². The molecule has 0 spiro atoms. The zero-order chi connectivity index (χ0) is 18.7. The molecule has 1 saturated carbocycles. The van der Waals surface area contributed by atoms with Crippen LogP contribution < -0.4 is 16.0 Å². The van der Waals surface area contributed by atoms with Gasteiger partial charge in [0.05, 0.1) is 6.20 Å². The maximum absolute atomic E-state index is 12.5. The summed E-state index contributed by atoms with van der Waals surface area (Å²) in [6, 6.07) is 5.96. The second-order valence-electron chi connectivity index (χ2n) is 6.71. The Balaban J connectivity index is 1.69. The number of nitrogens with zero attached hydrogens (tertiary/aromatic N) is 1. The molecule has 3 N–H and O–H groups in total. The molecule has 3 rings (SSSR count). The maximum Gasteiger partial charge on any atom is 0.267 e. The highest BCUT2D eigenvalue weighted by Crippen LogP contribution is 2.24. The molecule has 0 saturated heterocycles. The Morgan fingerprint density at radius 3 is 2.77 bits per heavy atom. The molecule has 1 aliphatic carbocycles. The summed E-state index contributed by atoms with van der Waals surface area (Å²) in [5, 5.41) is 9.86. The molecule has 1 aromatic carbocycles. The van der Waals surface area contributed by atoms with Crippen LogP contribution in [0, 0.1) is 6.92 Å². The Labute approximate surface area is 157 Å². The first-order valence-corrected chi connectivity index (χ1v) is 9.73. The van der Waals surface area contributed by atoms with Gasteiger partial charge in [0, 0.05) is 23.3 Å². The molecule has 0 bridgehead atoms. The first-order chi connectivity index (χ1) is 12.5. The quantitative estimate of drug-likeness (QED) is 0.690. The Hall–Kier alpha value is -2.41. The number of hydrogen-bond donors (Lipinski definition) is 3. The molecular weight excluding hydrogens is 348 g/mol. The number of carbonyl (C=O) groups excluding carboxylic acids is 2. The molecule has 26 heavy (non-hydrogen) atoms. The summed E-state index contributed by atoms with van der Waals surface area (Å²) in [5.74, 6) is -0.316. The molecule has 2 aromatic rings. The Morgan fingerprint density at radius 2 is 2.08 bits per heavy atom. The highest BCUT2D eigenvalue weighted by Gasteiger charge is 2.24. The van der Waals surface area contributed by atoms with E-state index in [4.69, 9.17) is 0 Å². The molecule has 1 atom stereocenters. The lowest BCUT2D eigenvalue weighted by Crippen LogP contribution is -2.25. The van der Waals surface area contributed by atoms with Crippen molar-refractivity contribution in [3.05, 3.63) is 40.4 Å². The standard InChI is InChI=1S/C19H24N4O2S/c1-4-12(3)21-19-20-10-16(26-19)18(25)23-15-9-13(6-5-11(15)2)17(24)22-14-7-8-14/h5-6,9-10,12,14H,4,7-8H2,1-3H3,(H,20,21)(H,22,24)(H,23,25)/t12-/m1/s1. The molecule has 0 aliphatic heterocycles. The number of benzene rings is 1. The largest absolute Gasteiger partial charge is 0.359 e. The fraction of sp³-hybridized carbons (Fsp3) is 0.421. The van der Waals surface area contributed by atoms with Gasteiger partial charge in [0.2, 0.25) is 0 Å². The minimum Gasteiger partial charge on any atom is -0.359 e. The van der Waals surface area contributed by atoms with Crippen LogP contribution in [0.5, 0.6) is 0 Å². The number of carbonyl (C=O) groups is 2. The Morgan fingerprint density at radius 1 is 1.31 bits per heavy atom. The van der Waals surface area contributed by atoms with E-state index in [9.17, 15) is 9.59 Å². The van der Waals surface area contributed by atoms with Crippen molar-refractivity contribution in [3.63, 3.8) is 0 Å². The second kappa shape index (κ2) is 7.86. The van der Waals surface area contributed by atoms with Gasteiger partial charge in [-0.1, -0.05) is 24.3 Å². The van der Waals surface area contributed by atoms with Gasteiger partial charge in [-0.05, 0) is 50.8 Å². The van der Waals surface area contributed by atoms with E-state index >= 15 is 0 Å². The van der Waals surface area contributed by atoms with Crippen molar-refractivity contribution in [1.82, 2.24) is 10.3 Å². The van der Waals surface area contributed by atoms with Crippen molar-refractivity contribution in [2.45, 2.75) is 52.1 Å². The van der Waals surface area contributed by atoms with Crippen LogP contribution in [0.2, 0.25) is 0 Å². The molecule has 7 heteroatoms. The third-order valence-electron chi connectivity index (χ3n) is 4.37. The monoisotopic (exact) mass is 372 g/mol. The molecule has 0 radical (unpaired) electrons. The number of rotatable bonds is 7. The van der Waals surface area contributed by atoms with Gasteiger partial charge in [0.15, 0.2) is 5.13 Å². The molecule has 0 unspecified atom stereocenters. The van der Waals surface area contributed by atoms with E-state index in [0.717, 1.165) is 30.0 Å². The van der Waals surface area contributed by atoms with Gasteiger partial charge in [0.25, 0.3) is 11.8 Å². The zero-order valence-electron chi connectivity index (χ0n) is 15.3. The average molecular weight is 372 g/mol. The number of amides is 2. The van der Waals surface area contributed by atoms with Crippen molar-refractivity contribution < 1.29 is 9.59 Å². The number of aryl methyl sites for hydroxylation is 1. The lowest BCUT2D eigenvalue weighted by atomic mass is 10.1. The summed E-state index contributed by atoms with van der Waals surface area (Å²) in [6.07, 6.45) is 4.64. The van der Waals surface area contributed by atoms with Gasteiger partial charge >= 0.3 is 0 Å². The Kier molecular flexibility index (Phi) is 5.56. The summed E-state index contributed by atoms with van der Waals surface area (Å²) in [4.78, 5) is 29.5. The van der Waals surface area contributed by atoms with Crippen LogP contribution in [0.4, 0.5) is 10.8 Å². The topological polar surface area (TPSA) is 83.1 Å². The molecule has 2 amide bonds. The van der Waals surface area contributed by atoms with Gasteiger partial charge in [-0.2, -0.15) is 0 Å². The SMILES string of the molecule is CC[C@@H](C)Nc1ncc(C(=O)Nc2cc(C(=O)NC3CC3)ccc2C)s1. The molecular formula is C19H24N4O2S.